The molecular weight excluding hydrogens is 294 g/mol. The second-order valence-corrected chi connectivity index (χ2v) is 6.12. The minimum absolute atomic E-state index is 0.00566. The van der Waals surface area contributed by atoms with Gasteiger partial charge in [0.25, 0.3) is 5.91 Å². The van der Waals surface area contributed by atoms with Crippen LogP contribution in [0.4, 0.5) is 0 Å². The van der Waals surface area contributed by atoms with Crippen molar-refractivity contribution in [3.8, 4) is 5.75 Å². The number of ether oxygens (including phenoxy) is 3. The molecule has 0 radical (unpaired) electrons. The molecule has 3 rings (SSSR count). The first-order valence-corrected chi connectivity index (χ1v) is 8.41. The third kappa shape index (κ3) is 3.51. The number of carbonyl (C=O) groups is 1. The predicted molar refractivity (Wildman–Crippen MR) is 86.6 cm³/mol. The highest BCUT2D eigenvalue weighted by Gasteiger charge is 2.44. The molecule has 126 valence electrons. The first-order valence-electron chi connectivity index (χ1n) is 8.41. The SMILES string of the molecule is CCO[C@@H]1CCN(C(=O)COc2ccccc2C)[C@H]2CCO[C@H]12. The molecule has 1 aromatic carbocycles. The third-order valence-corrected chi connectivity index (χ3v) is 4.67. The third-order valence-electron chi connectivity index (χ3n) is 4.67. The number of hydrogen-bond acceptors (Lipinski definition) is 4. The molecule has 5 heteroatoms. The summed E-state index contributed by atoms with van der Waals surface area (Å²) < 4.78 is 17.3. The van der Waals surface area contributed by atoms with Crippen LogP contribution in [0.3, 0.4) is 0 Å². The van der Waals surface area contributed by atoms with Crippen LogP contribution in [-0.4, -0.2) is 55.4 Å². The summed E-state index contributed by atoms with van der Waals surface area (Å²) in [6.07, 6.45) is 1.81. The number of fused-ring (bicyclic) bond motifs is 1. The maximum atomic E-state index is 12.6. The Hall–Kier alpha value is -1.59. The lowest BCUT2D eigenvalue weighted by molar-refractivity contribution is -0.146. The van der Waals surface area contributed by atoms with Gasteiger partial charge in [0.15, 0.2) is 6.61 Å². The molecule has 2 aliphatic heterocycles. The number of nitrogens with zero attached hydrogens (tertiary/aromatic N) is 1. The Balaban J connectivity index is 1.60. The van der Waals surface area contributed by atoms with Gasteiger partial charge in [0.2, 0.25) is 0 Å². The molecule has 0 aromatic heterocycles. The molecule has 0 spiro atoms. The predicted octanol–water partition coefficient (Wildman–Crippen LogP) is 2.17. The zero-order chi connectivity index (χ0) is 16.2. The fourth-order valence-electron chi connectivity index (χ4n) is 3.53. The highest BCUT2D eigenvalue weighted by atomic mass is 16.5. The van der Waals surface area contributed by atoms with Gasteiger partial charge in [-0.25, -0.2) is 0 Å². The van der Waals surface area contributed by atoms with Crippen molar-refractivity contribution in [1.29, 1.82) is 0 Å². The number of carbonyl (C=O) groups excluding carboxylic acids is 1. The van der Waals surface area contributed by atoms with Gasteiger partial charge >= 0.3 is 0 Å². The van der Waals surface area contributed by atoms with Crippen LogP contribution in [0.2, 0.25) is 0 Å². The molecule has 2 fully saturated rings. The lowest BCUT2D eigenvalue weighted by Crippen LogP contribution is -2.56. The van der Waals surface area contributed by atoms with E-state index in [1.165, 1.54) is 0 Å². The normalized spacial score (nSPS) is 26.9. The summed E-state index contributed by atoms with van der Waals surface area (Å²) in [5.41, 5.74) is 1.04. The van der Waals surface area contributed by atoms with Crippen LogP contribution in [0.25, 0.3) is 0 Å². The van der Waals surface area contributed by atoms with Crippen molar-refractivity contribution in [2.45, 2.75) is 44.9 Å². The van der Waals surface area contributed by atoms with Crippen molar-refractivity contribution in [3.05, 3.63) is 29.8 Å². The molecule has 2 saturated heterocycles. The molecule has 0 saturated carbocycles. The average molecular weight is 319 g/mol. The quantitative estimate of drug-likeness (QED) is 0.834. The van der Waals surface area contributed by atoms with Gasteiger partial charge in [0.05, 0.1) is 12.1 Å². The van der Waals surface area contributed by atoms with Crippen molar-refractivity contribution in [3.63, 3.8) is 0 Å². The number of hydrogen-bond donors (Lipinski definition) is 0. The van der Waals surface area contributed by atoms with E-state index in [2.05, 4.69) is 0 Å². The molecule has 0 N–H and O–H groups in total. The van der Waals surface area contributed by atoms with Crippen LogP contribution in [0.1, 0.15) is 25.3 Å². The highest BCUT2D eigenvalue weighted by Crippen LogP contribution is 2.30. The van der Waals surface area contributed by atoms with Gasteiger partial charge in [0, 0.05) is 19.8 Å². The topological polar surface area (TPSA) is 48.0 Å². The van der Waals surface area contributed by atoms with E-state index >= 15 is 0 Å². The summed E-state index contributed by atoms with van der Waals surface area (Å²) in [5.74, 6) is 0.799. The van der Waals surface area contributed by atoms with Crippen LogP contribution >= 0.6 is 0 Å². The van der Waals surface area contributed by atoms with E-state index < -0.39 is 0 Å². The van der Waals surface area contributed by atoms with Crippen LogP contribution in [0, 0.1) is 6.92 Å². The van der Waals surface area contributed by atoms with Crippen molar-refractivity contribution in [2.75, 3.05) is 26.4 Å². The van der Waals surface area contributed by atoms with Crippen molar-refractivity contribution in [2.24, 2.45) is 0 Å². The molecule has 3 atom stereocenters. The average Bonchev–Trinajstić information content (AvgIpc) is 3.04. The number of benzene rings is 1. The van der Waals surface area contributed by atoms with E-state index in [-0.39, 0.29) is 30.8 Å². The Morgan fingerprint density at radius 1 is 1.35 bits per heavy atom. The number of amides is 1. The van der Waals surface area contributed by atoms with Gasteiger partial charge in [-0.2, -0.15) is 0 Å². The van der Waals surface area contributed by atoms with Gasteiger partial charge in [-0.3, -0.25) is 4.79 Å². The molecule has 1 amide bonds. The molecule has 0 unspecified atom stereocenters. The number of rotatable bonds is 5. The molecule has 23 heavy (non-hydrogen) atoms. The van der Waals surface area contributed by atoms with Crippen LogP contribution in [0.5, 0.6) is 5.75 Å². The molecule has 5 nitrogen and oxygen atoms in total. The molecule has 0 aliphatic carbocycles. The van der Waals surface area contributed by atoms with E-state index in [9.17, 15) is 4.79 Å². The second-order valence-electron chi connectivity index (χ2n) is 6.12. The lowest BCUT2D eigenvalue weighted by atomic mass is 9.95. The molecule has 2 aliphatic rings. The lowest BCUT2D eigenvalue weighted by Gasteiger charge is -2.40. The summed E-state index contributed by atoms with van der Waals surface area (Å²) in [6, 6.07) is 7.87. The molecule has 1 aromatic rings. The fourth-order valence-corrected chi connectivity index (χ4v) is 3.53. The number of likely N-dealkylation sites (tertiary alicyclic amines) is 1. The standard InChI is InChI=1S/C18H25NO4/c1-3-21-16-8-10-19(14-9-11-22-18(14)16)17(20)12-23-15-7-5-4-6-13(15)2/h4-7,14,16,18H,3,8-12H2,1-2H3/t14-,16+,18-/m0/s1. The molecular formula is C18H25NO4. The maximum absolute atomic E-state index is 12.6. The van der Waals surface area contributed by atoms with Crippen LogP contribution < -0.4 is 4.74 Å². The van der Waals surface area contributed by atoms with Gasteiger partial charge in [-0.1, -0.05) is 18.2 Å². The van der Waals surface area contributed by atoms with E-state index in [4.69, 9.17) is 14.2 Å². The number of piperidine rings is 1. The summed E-state index contributed by atoms with van der Waals surface area (Å²) in [7, 11) is 0. The Bertz CT molecular complexity index is 548. The monoisotopic (exact) mass is 319 g/mol. The van der Waals surface area contributed by atoms with E-state index in [1.807, 2.05) is 43.0 Å². The van der Waals surface area contributed by atoms with Crippen molar-refractivity contribution in [1.82, 2.24) is 4.90 Å². The van der Waals surface area contributed by atoms with Crippen molar-refractivity contribution < 1.29 is 19.0 Å². The number of aryl methyl sites for hydroxylation is 1. The zero-order valence-corrected chi connectivity index (χ0v) is 13.9. The largest absolute Gasteiger partial charge is 0.484 e. The maximum Gasteiger partial charge on any atom is 0.260 e. The summed E-state index contributed by atoms with van der Waals surface area (Å²) in [6.45, 7) is 6.15. The van der Waals surface area contributed by atoms with Gasteiger partial charge in [-0.05, 0) is 38.3 Å². The van der Waals surface area contributed by atoms with E-state index in [0.717, 1.165) is 24.2 Å². The smallest absolute Gasteiger partial charge is 0.260 e. The Morgan fingerprint density at radius 3 is 2.96 bits per heavy atom. The Labute approximate surface area is 137 Å². The van der Waals surface area contributed by atoms with Crippen LogP contribution in [0.15, 0.2) is 24.3 Å². The molecule has 0 bridgehead atoms. The highest BCUT2D eigenvalue weighted by molar-refractivity contribution is 5.78. The second kappa shape index (κ2) is 7.32. The fraction of sp³-hybridized carbons (Fsp3) is 0.611. The summed E-state index contributed by atoms with van der Waals surface area (Å²) in [4.78, 5) is 14.5. The Kier molecular flexibility index (Phi) is 5.18. The first-order chi connectivity index (χ1) is 11.2. The van der Waals surface area contributed by atoms with Gasteiger partial charge in [0.1, 0.15) is 11.9 Å². The van der Waals surface area contributed by atoms with E-state index in [0.29, 0.717) is 19.8 Å². The number of para-hydroxylation sites is 1. The summed E-state index contributed by atoms with van der Waals surface area (Å²) in [5, 5.41) is 0. The zero-order valence-electron chi connectivity index (χ0n) is 13.9. The van der Waals surface area contributed by atoms with Crippen LogP contribution in [-0.2, 0) is 14.3 Å². The minimum Gasteiger partial charge on any atom is -0.484 e. The van der Waals surface area contributed by atoms with E-state index in [1.54, 1.807) is 0 Å². The van der Waals surface area contributed by atoms with Crippen molar-refractivity contribution >= 4 is 5.91 Å². The first kappa shape index (κ1) is 16.3. The van der Waals surface area contributed by atoms with Gasteiger partial charge < -0.3 is 19.1 Å². The van der Waals surface area contributed by atoms with Gasteiger partial charge in [-0.15, -0.1) is 0 Å². The Morgan fingerprint density at radius 2 is 2.17 bits per heavy atom. The minimum atomic E-state index is 0.00566. The molecule has 2 heterocycles. The summed E-state index contributed by atoms with van der Waals surface area (Å²) >= 11 is 0.